The monoisotopic (exact) mass is 308 g/mol. The molecular weight excluding hydrogens is 297 g/mol. The van der Waals surface area contributed by atoms with Gasteiger partial charge in [-0.2, -0.15) is 13.2 Å². The van der Waals surface area contributed by atoms with Crippen LogP contribution in [0, 0.1) is 0 Å². The predicted molar refractivity (Wildman–Crippen MR) is 73.2 cm³/mol. The van der Waals surface area contributed by atoms with Gasteiger partial charge in [0.1, 0.15) is 12.4 Å². The molecule has 0 fully saturated rings. The number of aromatic nitrogens is 3. The normalized spacial score (nSPS) is 11.8. The molecule has 5 nitrogen and oxygen atoms in total. The van der Waals surface area contributed by atoms with Crippen LogP contribution in [0.5, 0.6) is 5.75 Å². The molecule has 0 aliphatic heterocycles. The topological polar surface area (TPSA) is 65.4 Å². The fourth-order valence-electron chi connectivity index (χ4n) is 1.98. The number of para-hydroxylation sites is 1. The standard InChI is InChI=1S/C14H11F3N4O/c15-14(16,17)10-3-1-2-4-11(10)22-8-12-19-13-6-5-9(18)7-21(13)20-12/h1-7H,8,18H2. The lowest BCUT2D eigenvalue weighted by Gasteiger charge is -2.12. The van der Waals surface area contributed by atoms with E-state index in [-0.39, 0.29) is 18.2 Å². The van der Waals surface area contributed by atoms with Crippen molar-refractivity contribution in [3.63, 3.8) is 0 Å². The molecule has 114 valence electrons. The van der Waals surface area contributed by atoms with Crippen molar-refractivity contribution in [1.29, 1.82) is 0 Å². The van der Waals surface area contributed by atoms with Crippen LogP contribution in [-0.4, -0.2) is 14.6 Å². The first-order valence-corrected chi connectivity index (χ1v) is 6.33. The molecule has 1 aromatic carbocycles. The first-order valence-electron chi connectivity index (χ1n) is 6.33. The van der Waals surface area contributed by atoms with Crippen molar-refractivity contribution in [3.8, 4) is 5.75 Å². The molecule has 0 spiro atoms. The Hall–Kier alpha value is -2.77. The highest BCUT2D eigenvalue weighted by atomic mass is 19.4. The van der Waals surface area contributed by atoms with Gasteiger partial charge in [0.25, 0.3) is 0 Å². The average Bonchev–Trinajstić information content (AvgIpc) is 2.86. The molecule has 0 unspecified atom stereocenters. The smallest absolute Gasteiger partial charge is 0.419 e. The number of benzene rings is 1. The Labute approximate surface area is 123 Å². The number of hydrogen-bond donors (Lipinski definition) is 1. The number of anilines is 1. The molecule has 2 heterocycles. The minimum atomic E-state index is -4.47. The second-order valence-corrected chi connectivity index (χ2v) is 4.58. The van der Waals surface area contributed by atoms with Crippen LogP contribution in [0.1, 0.15) is 11.4 Å². The van der Waals surface area contributed by atoms with Gasteiger partial charge in [0.05, 0.1) is 17.4 Å². The number of pyridine rings is 1. The Bertz CT molecular complexity index is 813. The van der Waals surface area contributed by atoms with Crippen LogP contribution >= 0.6 is 0 Å². The highest BCUT2D eigenvalue weighted by Crippen LogP contribution is 2.36. The Morgan fingerprint density at radius 2 is 1.91 bits per heavy atom. The number of alkyl halides is 3. The fraction of sp³-hybridized carbons (Fsp3) is 0.143. The lowest BCUT2D eigenvalue weighted by Crippen LogP contribution is -2.09. The zero-order valence-electron chi connectivity index (χ0n) is 11.2. The highest BCUT2D eigenvalue weighted by Gasteiger charge is 2.34. The first-order chi connectivity index (χ1) is 10.4. The highest BCUT2D eigenvalue weighted by molar-refractivity contribution is 5.46. The molecule has 3 rings (SSSR count). The molecule has 0 saturated carbocycles. The maximum Gasteiger partial charge on any atom is 0.419 e. The average molecular weight is 308 g/mol. The molecule has 0 atom stereocenters. The van der Waals surface area contributed by atoms with Crippen LogP contribution in [0.4, 0.5) is 18.9 Å². The third-order valence-corrected chi connectivity index (χ3v) is 2.95. The van der Waals surface area contributed by atoms with Crippen LogP contribution in [0.15, 0.2) is 42.6 Å². The van der Waals surface area contributed by atoms with Crippen molar-refractivity contribution in [2.75, 3.05) is 5.73 Å². The van der Waals surface area contributed by atoms with E-state index in [4.69, 9.17) is 10.5 Å². The Kier molecular flexibility index (Phi) is 3.36. The van der Waals surface area contributed by atoms with Crippen molar-refractivity contribution in [2.45, 2.75) is 12.8 Å². The minimum absolute atomic E-state index is 0.172. The maximum atomic E-state index is 12.9. The van der Waals surface area contributed by atoms with Crippen molar-refractivity contribution in [2.24, 2.45) is 0 Å². The molecule has 3 aromatic rings. The van der Waals surface area contributed by atoms with Gasteiger partial charge in [0, 0.05) is 0 Å². The van der Waals surface area contributed by atoms with Gasteiger partial charge >= 0.3 is 6.18 Å². The summed E-state index contributed by atoms with van der Waals surface area (Å²) in [6, 6.07) is 8.33. The molecule has 0 bridgehead atoms. The molecule has 0 aliphatic carbocycles. The zero-order valence-corrected chi connectivity index (χ0v) is 11.2. The number of fused-ring (bicyclic) bond motifs is 1. The van der Waals surface area contributed by atoms with Crippen LogP contribution in [0.2, 0.25) is 0 Å². The summed E-state index contributed by atoms with van der Waals surface area (Å²) in [5, 5.41) is 4.10. The van der Waals surface area contributed by atoms with E-state index in [1.54, 1.807) is 18.3 Å². The molecule has 0 aliphatic rings. The van der Waals surface area contributed by atoms with Gasteiger partial charge in [-0.05, 0) is 24.3 Å². The number of nitrogens with two attached hydrogens (primary N) is 1. The van der Waals surface area contributed by atoms with Crippen LogP contribution in [0.25, 0.3) is 5.65 Å². The van der Waals surface area contributed by atoms with Gasteiger partial charge < -0.3 is 10.5 Å². The summed E-state index contributed by atoms with van der Waals surface area (Å²) < 4.78 is 45.2. The number of halogens is 3. The summed E-state index contributed by atoms with van der Waals surface area (Å²) in [5.41, 5.74) is 5.84. The molecule has 2 aromatic heterocycles. The molecule has 0 amide bonds. The van der Waals surface area contributed by atoms with E-state index in [9.17, 15) is 13.2 Å². The lowest BCUT2D eigenvalue weighted by molar-refractivity contribution is -0.139. The van der Waals surface area contributed by atoms with Crippen LogP contribution in [-0.2, 0) is 12.8 Å². The summed E-state index contributed by atoms with van der Waals surface area (Å²) in [7, 11) is 0. The fourth-order valence-corrected chi connectivity index (χ4v) is 1.98. The van der Waals surface area contributed by atoms with Gasteiger partial charge in [-0.1, -0.05) is 12.1 Å². The molecule has 0 radical (unpaired) electrons. The van der Waals surface area contributed by atoms with E-state index >= 15 is 0 Å². The Morgan fingerprint density at radius 3 is 2.68 bits per heavy atom. The van der Waals surface area contributed by atoms with Crippen molar-refractivity contribution in [3.05, 3.63) is 54.0 Å². The summed E-state index contributed by atoms with van der Waals surface area (Å²) >= 11 is 0. The van der Waals surface area contributed by atoms with Gasteiger partial charge in [-0.25, -0.2) is 9.50 Å². The molecular formula is C14H11F3N4O. The SMILES string of the molecule is Nc1ccc2nc(COc3ccccc3C(F)(F)F)nn2c1. The number of ether oxygens (including phenoxy) is 1. The summed E-state index contributed by atoms with van der Waals surface area (Å²) in [6.45, 7) is -0.172. The number of hydrogen-bond acceptors (Lipinski definition) is 4. The second-order valence-electron chi connectivity index (χ2n) is 4.58. The van der Waals surface area contributed by atoms with Gasteiger partial charge in [0.2, 0.25) is 0 Å². The Balaban J connectivity index is 1.82. The number of rotatable bonds is 3. The van der Waals surface area contributed by atoms with Crippen LogP contribution in [0.3, 0.4) is 0 Å². The van der Waals surface area contributed by atoms with E-state index < -0.39 is 11.7 Å². The van der Waals surface area contributed by atoms with Gasteiger partial charge in [0.15, 0.2) is 11.5 Å². The largest absolute Gasteiger partial charge is 0.485 e. The van der Waals surface area contributed by atoms with E-state index in [0.717, 1.165) is 6.07 Å². The third kappa shape index (κ3) is 2.80. The number of nitrogen functional groups attached to an aromatic ring is 1. The van der Waals surface area contributed by atoms with E-state index in [2.05, 4.69) is 10.1 Å². The van der Waals surface area contributed by atoms with Crippen molar-refractivity contribution < 1.29 is 17.9 Å². The number of nitrogens with zero attached hydrogens (tertiary/aromatic N) is 3. The lowest BCUT2D eigenvalue weighted by atomic mass is 10.2. The quantitative estimate of drug-likeness (QED) is 0.808. The molecule has 0 saturated heterocycles. The zero-order chi connectivity index (χ0) is 15.7. The third-order valence-electron chi connectivity index (χ3n) is 2.95. The van der Waals surface area contributed by atoms with E-state index in [1.807, 2.05) is 0 Å². The summed E-state index contributed by atoms with van der Waals surface area (Å²) in [4.78, 5) is 4.15. The van der Waals surface area contributed by atoms with E-state index in [0.29, 0.717) is 11.3 Å². The van der Waals surface area contributed by atoms with Crippen molar-refractivity contribution in [1.82, 2.24) is 14.6 Å². The predicted octanol–water partition coefficient (Wildman–Crippen LogP) is 2.91. The van der Waals surface area contributed by atoms with Crippen molar-refractivity contribution >= 4 is 11.3 Å². The minimum Gasteiger partial charge on any atom is -0.485 e. The molecule has 8 heteroatoms. The van der Waals surface area contributed by atoms with Gasteiger partial charge in [-0.3, -0.25) is 0 Å². The first kappa shape index (κ1) is 14.2. The Morgan fingerprint density at radius 1 is 1.14 bits per heavy atom. The molecule has 22 heavy (non-hydrogen) atoms. The summed E-state index contributed by atoms with van der Waals surface area (Å²) in [6.07, 6.45) is -2.91. The molecule has 2 N–H and O–H groups in total. The second kappa shape index (κ2) is 5.21. The van der Waals surface area contributed by atoms with Gasteiger partial charge in [-0.15, -0.1) is 5.10 Å². The van der Waals surface area contributed by atoms with E-state index in [1.165, 1.54) is 22.7 Å². The van der Waals surface area contributed by atoms with Crippen LogP contribution < -0.4 is 10.5 Å². The summed E-state index contributed by atoms with van der Waals surface area (Å²) in [5.74, 6) is 0.0101. The maximum absolute atomic E-state index is 12.9.